The van der Waals surface area contributed by atoms with Gasteiger partial charge in [0.1, 0.15) is 5.82 Å². The number of benzene rings is 1. The normalized spacial score (nSPS) is 15.6. The highest BCUT2D eigenvalue weighted by Crippen LogP contribution is 2.32. The fourth-order valence-electron chi connectivity index (χ4n) is 3.34. The van der Waals surface area contributed by atoms with Gasteiger partial charge in [0, 0.05) is 43.1 Å². The van der Waals surface area contributed by atoms with Gasteiger partial charge in [0.15, 0.2) is 0 Å². The maximum atomic E-state index is 6.26. The topological polar surface area (TPSA) is 46.4 Å². The zero-order valence-electron chi connectivity index (χ0n) is 14.6. The number of hydrogen-bond donors (Lipinski definition) is 0. The van der Waals surface area contributed by atoms with E-state index in [-0.39, 0.29) is 0 Å². The average molecular weight is 360 g/mol. The number of fused-ring (bicyclic) bond motifs is 3. The average Bonchev–Trinajstić information content (AvgIpc) is 3.03. The molecule has 4 rings (SSSR count). The number of anilines is 1. The number of morpholine rings is 1. The molecule has 2 aromatic heterocycles. The van der Waals surface area contributed by atoms with Crippen molar-refractivity contribution in [2.45, 2.75) is 6.54 Å². The van der Waals surface area contributed by atoms with Gasteiger partial charge in [0.2, 0.25) is 5.28 Å². The Kier molecular flexibility index (Phi) is 4.50. The third-order valence-corrected chi connectivity index (χ3v) is 4.84. The van der Waals surface area contributed by atoms with Gasteiger partial charge in [-0.25, -0.2) is 4.98 Å². The first-order valence-electron chi connectivity index (χ1n) is 8.56. The summed E-state index contributed by atoms with van der Waals surface area (Å²) in [5, 5.41) is 2.46. The second kappa shape index (κ2) is 6.78. The van der Waals surface area contributed by atoms with Crippen LogP contribution in [0.4, 0.5) is 5.82 Å². The molecule has 1 aliphatic heterocycles. The molecule has 0 radical (unpaired) electrons. The number of hydrogen-bond acceptors (Lipinski definition) is 5. The maximum Gasteiger partial charge on any atom is 0.224 e. The van der Waals surface area contributed by atoms with Gasteiger partial charge in [-0.2, -0.15) is 4.98 Å². The van der Waals surface area contributed by atoms with E-state index in [0.717, 1.165) is 48.3 Å². The molecular formula is C18H22ClN5O. The molecule has 1 saturated heterocycles. The molecule has 1 aliphatic rings. The zero-order chi connectivity index (χ0) is 17.4. The van der Waals surface area contributed by atoms with Crippen molar-refractivity contribution in [3.8, 4) is 0 Å². The quantitative estimate of drug-likeness (QED) is 0.670. The molecule has 0 N–H and O–H groups in total. The van der Waals surface area contributed by atoms with E-state index in [1.54, 1.807) is 0 Å². The molecule has 3 aromatic rings. The maximum absolute atomic E-state index is 6.26. The second-order valence-corrected chi connectivity index (χ2v) is 6.96. The van der Waals surface area contributed by atoms with Crippen LogP contribution < -0.4 is 4.90 Å². The van der Waals surface area contributed by atoms with E-state index in [1.165, 1.54) is 5.52 Å². The smallest absolute Gasteiger partial charge is 0.224 e. The Morgan fingerprint density at radius 3 is 2.68 bits per heavy atom. The highest BCUT2D eigenvalue weighted by molar-refractivity contribution is 6.29. The molecule has 3 heterocycles. The molecular weight excluding hydrogens is 338 g/mol. The SMILES string of the molecule is CN(C)CCn1ccc2c3nc(Cl)nc(N4CCOCC4)c3ccc21. The molecule has 0 unspecified atom stereocenters. The lowest BCUT2D eigenvalue weighted by Gasteiger charge is -2.28. The van der Waals surface area contributed by atoms with Crippen molar-refractivity contribution in [1.82, 2.24) is 19.4 Å². The van der Waals surface area contributed by atoms with E-state index in [1.807, 2.05) is 0 Å². The van der Waals surface area contributed by atoms with Crippen LogP contribution in [0.1, 0.15) is 0 Å². The summed E-state index contributed by atoms with van der Waals surface area (Å²) >= 11 is 6.26. The summed E-state index contributed by atoms with van der Waals surface area (Å²) in [7, 11) is 4.17. The van der Waals surface area contributed by atoms with Crippen LogP contribution in [-0.2, 0) is 11.3 Å². The Bertz CT molecular complexity index is 901. The molecule has 7 heteroatoms. The van der Waals surface area contributed by atoms with Gasteiger partial charge >= 0.3 is 0 Å². The van der Waals surface area contributed by atoms with E-state index in [0.29, 0.717) is 18.5 Å². The molecule has 0 saturated carbocycles. The molecule has 1 aromatic carbocycles. The summed E-state index contributed by atoms with van der Waals surface area (Å²) in [5.74, 6) is 0.904. The van der Waals surface area contributed by atoms with Crippen molar-refractivity contribution in [3.05, 3.63) is 29.7 Å². The number of nitrogens with zero attached hydrogens (tertiary/aromatic N) is 5. The van der Waals surface area contributed by atoms with Crippen molar-refractivity contribution >= 4 is 39.2 Å². The Morgan fingerprint density at radius 1 is 1.12 bits per heavy atom. The van der Waals surface area contributed by atoms with Crippen LogP contribution in [0, 0.1) is 0 Å². The highest BCUT2D eigenvalue weighted by atomic mass is 35.5. The van der Waals surface area contributed by atoms with Crippen molar-refractivity contribution in [2.75, 3.05) is 51.8 Å². The van der Waals surface area contributed by atoms with Crippen molar-refractivity contribution < 1.29 is 4.74 Å². The van der Waals surface area contributed by atoms with Crippen molar-refractivity contribution in [3.63, 3.8) is 0 Å². The highest BCUT2D eigenvalue weighted by Gasteiger charge is 2.18. The number of ether oxygens (including phenoxy) is 1. The van der Waals surface area contributed by atoms with Crippen molar-refractivity contribution in [2.24, 2.45) is 0 Å². The van der Waals surface area contributed by atoms with Crippen LogP contribution >= 0.6 is 11.6 Å². The fraction of sp³-hybridized carbons (Fsp3) is 0.444. The summed E-state index contributed by atoms with van der Waals surface area (Å²) < 4.78 is 7.72. The Labute approximate surface area is 152 Å². The Balaban J connectivity index is 1.83. The molecule has 0 aliphatic carbocycles. The summed E-state index contributed by atoms with van der Waals surface area (Å²) in [5.41, 5.74) is 2.10. The number of aromatic nitrogens is 3. The van der Waals surface area contributed by atoms with E-state index in [2.05, 4.69) is 62.8 Å². The Hall–Kier alpha value is -1.89. The van der Waals surface area contributed by atoms with Gasteiger partial charge < -0.3 is 19.1 Å². The minimum absolute atomic E-state index is 0.294. The lowest BCUT2D eigenvalue weighted by atomic mass is 10.1. The predicted molar refractivity (Wildman–Crippen MR) is 102 cm³/mol. The van der Waals surface area contributed by atoms with Gasteiger partial charge in [0.05, 0.1) is 24.2 Å². The molecule has 0 amide bonds. The molecule has 6 nitrogen and oxygen atoms in total. The third kappa shape index (κ3) is 3.17. The fourth-order valence-corrected chi connectivity index (χ4v) is 3.51. The van der Waals surface area contributed by atoms with Crippen LogP contribution in [0.15, 0.2) is 24.4 Å². The van der Waals surface area contributed by atoms with E-state index in [4.69, 9.17) is 16.3 Å². The van der Waals surface area contributed by atoms with Gasteiger partial charge in [-0.15, -0.1) is 0 Å². The van der Waals surface area contributed by atoms with Crippen molar-refractivity contribution in [1.29, 1.82) is 0 Å². The van der Waals surface area contributed by atoms with Gasteiger partial charge in [-0.05, 0) is 43.9 Å². The monoisotopic (exact) mass is 359 g/mol. The first-order valence-corrected chi connectivity index (χ1v) is 8.94. The van der Waals surface area contributed by atoms with E-state index >= 15 is 0 Å². The molecule has 132 valence electrons. The van der Waals surface area contributed by atoms with E-state index < -0.39 is 0 Å². The number of likely N-dealkylation sites (N-methyl/N-ethyl adjacent to an activating group) is 1. The molecule has 25 heavy (non-hydrogen) atoms. The van der Waals surface area contributed by atoms with Gasteiger partial charge in [-0.1, -0.05) is 0 Å². The third-order valence-electron chi connectivity index (χ3n) is 4.67. The summed E-state index contributed by atoms with van der Waals surface area (Å²) in [6, 6.07) is 6.40. The first kappa shape index (κ1) is 16.6. The molecule has 1 fully saturated rings. The molecule has 0 atom stereocenters. The molecule has 0 bridgehead atoms. The van der Waals surface area contributed by atoms with E-state index in [9.17, 15) is 0 Å². The van der Waals surface area contributed by atoms with Gasteiger partial charge in [-0.3, -0.25) is 0 Å². The minimum atomic E-state index is 0.294. The zero-order valence-corrected chi connectivity index (χ0v) is 15.3. The summed E-state index contributed by atoms with van der Waals surface area (Å²) in [6.07, 6.45) is 2.12. The van der Waals surface area contributed by atoms with Crippen LogP contribution in [0.5, 0.6) is 0 Å². The van der Waals surface area contributed by atoms with Crippen LogP contribution in [0.25, 0.3) is 21.8 Å². The molecule has 0 spiro atoms. The largest absolute Gasteiger partial charge is 0.378 e. The number of halogens is 1. The van der Waals surface area contributed by atoms with Gasteiger partial charge in [0.25, 0.3) is 0 Å². The summed E-state index contributed by atoms with van der Waals surface area (Å²) in [4.78, 5) is 13.5. The predicted octanol–water partition coefficient (Wildman–Crippen LogP) is 2.64. The first-order chi connectivity index (χ1) is 12.1. The minimum Gasteiger partial charge on any atom is -0.378 e. The van der Waals surface area contributed by atoms with Crippen LogP contribution in [-0.4, -0.2) is 66.4 Å². The number of rotatable bonds is 4. The lowest BCUT2D eigenvalue weighted by Crippen LogP contribution is -2.37. The van der Waals surface area contributed by atoms with Crippen LogP contribution in [0.2, 0.25) is 5.28 Å². The standard InChI is InChI=1S/C18H22ClN5O/c1-22(2)7-8-23-6-5-13-15(23)4-3-14-16(13)20-18(19)21-17(14)24-9-11-25-12-10-24/h3-6H,7-12H2,1-2H3. The second-order valence-electron chi connectivity index (χ2n) is 6.62. The van der Waals surface area contributed by atoms with Crippen LogP contribution in [0.3, 0.4) is 0 Å². The lowest BCUT2D eigenvalue weighted by molar-refractivity contribution is 0.122. The Morgan fingerprint density at radius 2 is 1.92 bits per heavy atom. The summed E-state index contributed by atoms with van der Waals surface area (Å²) in [6.45, 7) is 5.01.